The van der Waals surface area contributed by atoms with Gasteiger partial charge in [-0.3, -0.25) is 0 Å². The van der Waals surface area contributed by atoms with E-state index in [4.69, 9.17) is 23.7 Å². The summed E-state index contributed by atoms with van der Waals surface area (Å²) in [6.45, 7) is 0.699. The molecule has 0 bridgehead atoms. The minimum atomic E-state index is -0.963. The van der Waals surface area contributed by atoms with Crippen LogP contribution in [-0.2, 0) is 30.3 Å². The Labute approximate surface area is 158 Å². The largest absolute Gasteiger partial charge is 0.385 e. The fourth-order valence-corrected chi connectivity index (χ4v) is 3.49. The summed E-state index contributed by atoms with van der Waals surface area (Å²) >= 11 is 0. The van der Waals surface area contributed by atoms with E-state index in [0.717, 1.165) is 11.1 Å². The van der Waals surface area contributed by atoms with E-state index in [0.29, 0.717) is 13.2 Å². The van der Waals surface area contributed by atoms with E-state index in [2.05, 4.69) is 0 Å². The molecule has 0 spiro atoms. The van der Waals surface area contributed by atoms with Crippen molar-refractivity contribution in [1.82, 2.24) is 0 Å². The van der Waals surface area contributed by atoms with Crippen molar-refractivity contribution in [2.75, 3.05) is 13.7 Å². The number of benzene rings is 2. The van der Waals surface area contributed by atoms with Gasteiger partial charge in [0.1, 0.15) is 24.4 Å². The molecule has 1 unspecified atom stereocenters. The molecule has 6 heteroatoms. The predicted octanol–water partition coefficient (Wildman–Crippen LogP) is 2.42. The number of aliphatic hydroxyl groups excluding tert-OH is 1. The molecule has 2 aliphatic rings. The van der Waals surface area contributed by atoms with E-state index < -0.39 is 30.9 Å². The maximum atomic E-state index is 10.7. The van der Waals surface area contributed by atoms with E-state index in [1.54, 1.807) is 0 Å². The molecule has 6 nitrogen and oxygen atoms in total. The van der Waals surface area contributed by atoms with Crippen LogP contribution in [0.3, 0.4) is 0 Å². The zero-order valence-corrected chi connectivity index (χ0v) is 15.1. The minimum absolute atomic E-state index is 0.335. The second-order valence-electron chi connectivity index (χ2n) is 6.71. The topological polar surface area (TPSA) is 66.4 Å². The molecule has 2 fully saturated rings. The van der Waals surface area contributed by atoms with Gasteiger partial charge in [-0.05, 0) is 5.56 Å². The van der Waals surface area contributed by atoms with Crippen LogP contribution in [0.25, 0.3) is 0 Å². The first-order chi connectivity index (χ1) is 13.3. The fraction of sp³-hybridized carbons (Fsp3) is 0.429. The molecular weight excluding hydrogens is 348 g/mol. The molecule has 27 heavy (non-hydrogen) atoms. The van der Waals surface area contributed by atoms with Crippen LogP contribution in [0.4, 0.5) is 0 Å². The van der Waals surface area contributed by atoms with Gasteiger partial charge in [-0.25, -0.2) is 0 Å². The van der Waals surface area contributed by atoms with Gasteiger partial charge in [0.05, 0.1) is 13.2 Å². The Morgan fingerprint density at radius 3 is 2.41 bits per heavy atom. The summed E-state index contributed by atoms with van der Waals surface area (Å²) < 4.78 is 29.2. The number of hydrogen-bond acceptors (Lipinski definition) is 6. The normalized spacial score (nSPS) is 33.4. The molecule has 144 valence electrons. The summed E-state index contributed by atoms with van der Waals surface area (Å²) in [6.07, 6.45) is -3.70. The number of rotatable bonds is 5. The van der Waals surface area contributed by atoms with Crippen LogP contribution in [-0.4, -0.2) is 49.5 Å². The third-order valence-electron chi connectivity index (χ3n) is 4.90. The minimum Gasteiger partial charge on any atom is -0.385 e. The van der Waals surface area contributed by atoms with Gasteiger partial charge in [-0.15, -0.1) is 0 Å². The number of aliphatic hydroxyl groups is 1. The number of ether oxygens (including phenoxy) is 5. The molecule has 2 aromatic rings. The standard InChI is InChI=1S/C21H24O6/c1-23-21-17(22)19(24-12-14-8-4-2-5-9-14)18-16(26-21)13-25-20(27-18)15-10-6-3-7-11-15/h2-11,16-22H,12-13H2,1H3/t16-,17+,18-,19-,20?,21-/m1/s1. The van der Waals surface area contributed by atoms with Gasteiger partial charge < -0.3 is 28.8 Å². The molecule has 2 aliphatic heterocycles. The molecule has 1 N–H and O–H groups in total. The summed E-state index contributed by atoms with van der Waals surface area (Å²) in [4.78, 5) is 0. The van der Waals surface area contributed by atoms with E-state index in [1.165, 1.54) is 7.11 Å². The molecule has 2 heterocycles. The molecule has 0 radical (unpaired) electrons. The summed E-state index contributed by atoms with van der Waals surface area (Å²) in [7, 11) is 1.50. The van der Waals surface area contributed by atoms with Crippen LogP contribution in [0.2, 0.25) is 0 Å². The van der Waals surface area contributed by atoms with Crippen LogP contribution in [0, 0.1) is 0 Å². The Balaban J connectivity index is 1.51. The van der Waals surface area contributed by atoms with Gasteiger partial charge in [0.2, 0.25) is 0 Å². The van der Waals surface area contributed by atoms with Crippen molar-refractivity contribution < 1.29 is 28.8 Å². The summed E-state index contributed by atoms with van der Waals surface area (Å²) in [5.41, 5.74) is 1.94. The Morgan fingerprint density at radius 1 is 1.00 bits per heavy atom. The summed E-state index contributed by atoms with van der Waals surface area (Å²) in [5.74, 6) is 0. The fourth-order valence-electron chi connectivity index (χ4n) is 3.49. The quantitative estimate of drug-likeness (QED) is 0.870. The maximum Gasteiger partial charge on any atom is 0.186 e. The Hall–Kier alpha value is -1.80. The van der Waals surface area contributed by atoms with Crippen molar-refractivity contribution in [3.63, 3.8) is 0 Å². The highest BCUT2D eigenvalue weighted by Gasteiger charge is 2.50. The van der Waals surface area contributed by atoms with Crippen molar-refractivity contribution in [2.45, 2.75) is 43.6 Å². The summed E-state index contributed by atoms with van der Waals surface area (Å²) in [5, 5.41) is 10.7. The van der Waals surface area contributed by atoms with Gasteiger partial charge in [0.15, 0.2) is 12.6 Å². The van der Waals surface area contributed by atoms with Crippen LogP contribution in [0.15, 0.2) is 60.7 Å². The first-order valence-electron chi connectivity index (χ1n) is 9.10. The first kappa shape index (κ1) is 18.6. The number of fused-ring (bicyclic) bond motifs is 1. The Kier molecular flexibility index (Phi) is 5.83. The number of hydrogen-bond donors (Lipinski definition) is 1. The molecule has 0 amide bonds. The van der Waals surface area contributed by atoms with E-state index in [1.807, 2.05) is 60.7 Å². The van der Waals surface area contributed by atoms with Crippen molar-refractivity contribution in [3.05, 3.63) is 71.8 Å². The highest BCUT2D eigenvalue weighted by Crippen LogP contribution is 2.35. The average molecular weight is 372 g/mol. The second kappa shape index (κ2) is 8.48. The lowest BCUT2D eigenvalue weighted by Gasteiger charge is -2.47. The van der Waals surface area contributed by atoms with Crippen molar-refractivity contribution >= 4 is 0 Å². The number of methoxy groups -OCH3 is 1. The lowest BCUT2D eigenvalue weighted by atomic mass is 9.97. The molecule has 2 aromatic carbocycles. The summed E-state index contributed by atoms with van der Waals surface area (Å²) in [6, 6.07) is 19.5. The lowest BCUT2D eigenvalue weighted by molar-refractivity contribution is -0.363. The monoisotopic (exact) mass is 372 g/mol. The van der Waals surface area contributed by atoms with Crippen LogP contribution in [0.5, 0.6) is 0 Å². The van der Waals surface area contributed by atoms with Crippen LogP contribution >= 0.6 is 0 Å². The van der Waals surface area contributed by atoms with Crippen LogP contribution < -0.4 is 0 Å². The third-order valence-corrected chi connectivity index (χ3v) is 4.90. The van der Waals surface area contributed by atoms with Gasteiger partial charge in [-0.1, -0.05) is 60.7 Å². The lowest BCUT2D eigenvalue weighted by Crippen LogP contribution is -2.62. The van der Waals surface area contributed by atoms with Crippen LogP contribution in [0.1, 0.15) is 17.4 Å². The van der Waals surface area contributed by atoms with Crippen molar-refractivity contribution in [2.24, 2.45) is 0 Å². The third kappa shape index (κ3) is 4.06. The van der Waals surface area contributed by atoms with E-state index in [9.17, 15) is 5.11 Å². The highest BCUT2D eigenvalue weighted by atomic mass is 16.8. The maximum absolute atomic E-state index is 10.7. The van der Waals surface area contributed by atoms with E-state index >= 15 is 0 Å². The zero-order chi connectivity index (χ0) is 18.6. The van der Waals surface area contributed by atoms with Gasteiger partial charge in [0, 0.05) is 12.7 Å². The molecule has 0 aromatic heterocycles. The smallest absolute Gasteiger partial charge is 0.186 e. The molecular formula is C21H24O6. The Bertz CT molecular complexity index is 709. The van der Waals surface area contributed by atoms with E-state index in [-0.39, 0.29) is 6.10 Å². The van der Waals surface area contributed by atoms with Crippen molar-refractivity contribution in [3.8, 4) is 0 Å². The highest BCUT2D eigenvalue weighted by molar-refractivity contribution is 5.17. The molecule has 0 saturated carbocycles. The van der Waals surface area contributed by atoms with Gasteiger partial charge >= 0.3 is 0 Å². The predicted molar refractivity (Wildman–Crippen MR) is 96.7 cm³/mol. The second-order valence-corrected chi connectivity index (χ2v) is 6.71. The SMILES string of the molecule is CO[C@@H]1O[C@@H]2COC(c3ccccc3)O[C@H]2[C@H](OCc2ccccc2)[C@@H]1O. The average Bonchev–Trinajstić information content (AvgIpc) is 2.74. The van der Waals surface area contributed by atoms with Gasteiger partial charge in [0.25, 0.3) is 0 Å². The molecule has 4 rings (SSSR count). The zero-order valence-electron chi connectivity index (χ0n) is 15.1. The van der Waals surface area contributed by atoms with Crippen molar-refractivity contribution in [1.29, 1.82) is 0 Å². The molecule has 6 atom stereocenters. The first-order valence-corrected chi connectivity index (χ1v) is 9.10. The molecule has 0 aliphatic carbocycles. The van der Waals surface area contributed by atoms with Gasteiger partial charge in [-0.2, -0.15) is 0 Å². The Morgan fingerprint density at radius 2 is 1.70 bits per heavy atom. The molecule has 2 saturated heterocycles.